The average molecular weight is 283 g/mol. The van der Waals surface area contributed by atoms with Gasteiger partial charge >= 0.3 is 11.9 Å². The first kappa shape index (κ1) is 20.8. The highest BCUT2D eigenvalue weighted by Gasteiger charge is 2.31. The maximum Gasteiger partial charge on any atom is 0.397 e. The van der Waals surface area contributed by atoms with Crippen molar-refractivity contribution >= 4 is 11.9 Å². The summed E-state index contributed by atoms with van der Waals surface area (Å²) in [5.74, 6) is 1.19. The number of hydrogen-bond donors (Lipinski definition) is 0. The first-order valence-electron chi connectivity index (χ1n) is 7.26. The van der Waals surface area contributed by atoms with Gasteiger partial charge in [0.15, 0.2) is 0 Å². The molecule has 4 nitrogen and oxygen atoms in total. The van der Waals surface area contributed by atoms with E-state index in [0.29, 0.717) is 13.0 Å². The van der Waals surface area contributed by atoms with Crippen molar-refractivity contribution < 1.29 is 14.3 Å². The van der Waals surface area contributed by atoms with Crippen molar-refractivity contribution in [1.29, 1.82) is 0 Å². The lowest BCUT2D eigenvalue weighted by atomic mass is 10.0. The van der Waals surface area contributed by atoms with E-state index in [2.05, 4.69) is 5.92 Å². The molecule has 20 heavy (non-hydrogen) atoms. The molecule has 0 N–H and O–H groups in total. The Labute approximate surface area is 123 Å². The fourth-order valence-corrected chi connectivity index (χ4v) is 1.54. The lowest BCUT2D eigenvalue weighted by Crippen LogP contribution is -2.49. The molecule has 0 heterocycles. The summed E-state index contributed by atoms with van der Waals surface area (Å²) in [5, 5.41) is 0. The van der Waals surface area contributed by atoms with Crippen LogP contribution >= 0.6 is 0 Å². The SMILES string of the molecule is C#CCCCCN(C(=O)C(=O)OCC)C(C)(C)C.CC. The summed E-state index contributed by atoms with van der Waals surface area (Å²) in [5.41, 5.74) is -0.403. The molecular weight excluding hydrogens is 254 g/mol. The highest BCUT2D eigenvalue weighted by Crippen LogP contribution is 2.15. The fraction of sp³-hybridized carbons (Fsp3) is 0.750. The van der Waals surface area contributed by atoms with Crippen LogP contribution in [0, 0.1) is 12.3 Å². The van der Waals surface area contributed by atoms with E-state index in [1.165, 1.54) is 0 Å². The fourth-order valence-electron chi connectivity index (χ4n) is 1.54. The van der Waals surface area contributed by atoms with Crippen LogP contribution in [0.25, 0.3) is 0 Å². The molecule has 4 heteroatoms. The first-order chi connectivity index (χ1) is 9.34. The Morgan fingerprint density at radius 3 is 2.15 bits per heavy atom. The second-order valence-corrected chi connectivity index (χ2v) is 5.01. The van der Waals surface area contributed by atoms with Gasteiger partial charge in [0.05, 0.1) is 6.61 Å². The van der Waals surface area contributed by atoms with Crippen molar-refractivity contribution in [3.63, 3.8) is 0 Å². The molecule has 0 radical (unpaired) electrons. The highest BCUT2D eigenvalue weighted by atomic mass is 16.5. The van der Waals surface area contributed by atoms with Crippen LogP contribution in [0.2, 0.25) is 0 Å². The molecule has 0 aliphatic heterocycles. The van der Waals surface area contributed by atoms with Gasteiger partial charge in [-0.25, -0.2) is 4.79 Å². The van der Waals surface area contributed by atoms with Crippen molar-refractivity contribution in [2.45, 2.75) is 66.3 Å². The zero-order valence-corrected chi connectivity index (χ0v) is 13.8. The molecule has 0 saturated heterocycles. The van der Waals surface area contributed by atoms with Crippen LogP contribution in [0.4, 0.5) is 0 Å². The van der Waals surface area contributed by atoms with E-state index in [-0.39, 0.29) is 6.61 Å². The Kier molecular flexibility index (Phi) is 11.8. The number of carbonyl (C=O) groups is 2. The van der Waals surface area contributed by atoms with E-state index >= 15 is 0 Å². The second kappa shape index (κ2) is 11.3. The minimum Gasteiger partial charge on any atom is -0.459 e. The molecular formula is C16H29NO3. The topological polar surface area (TPSA) is 46.6 Å². The Bertz CT molecular complexity index is 324. The number of nitrogens with zero attached hydrogens (tertiary/aromatic N) is 1. The lowest BCUT2D eigenvalue weighted by molar-refractivity contribution is -0.162. The quantitative estimate of drug-likeness (QED) is 0.337. The number of amides is 1. The van der Waals surface area contributed by atoms with E-state index in [1.807, 2.05) is 34.6 Å². The molecule has 0 atom stereocenters. The second-order valence-electron chi connectivity index (χ2n) is 5.01. The van der Waals surface area contributed by atoms with Crippen LogP contribution < -0.4 is 0 Å². The van der Waals surface area contributed by atoms with Gasteiger partial charge in [-0.05, 0) is 40.5 Å². The van der Waals surface area contributed by atoms with Crippen molar-refractivity contribution in [3.8, 4) is 12.3 Å². The summed E-state index contributed by atoms with van der Waals surface area (Å²) in [4.78, 5) is 25.0. The molecule has 0 aromatic carbocycles. The summed E-state index contributed by atoms with van der Waals surface area (Å²) >= 11 is 0. The van der Waals surface area contributed by atoms with E-state index in [9.17, 15) is 9.59 Å². The number of carbonyl (C=O) groups excluding carboxylic acids is 2. The van der Waals surface area contributed by atoms with Crippen LogP contribution in [-0.4, -0.2) is 35.5 Å². The van der Waals surface area contributed by atoms with E-state index in [1.54, 1.807) is 11.8 Å². The Hall–Kier alpha value is -1.50. The molecule has 0 aliphatic carbocycles. The number of hydrogen-bond acceptors (Lipinski definition) is 3. The van der Waals surface area contributed by atoms with Gasteiger partial charge in [-0.2, -0.15) is 0 Å². The predicted molar refractivity (Wildman–Crippen MR) is 82.1 cm³/mol. The summed E-state index contributed by atoms with van der Waals surface area (Å²) in [6, 6.07) is 0. The van der Waals surface area contributed by atoms with Crippen molar-refractivity contribution in [1.82, 2.24) is 4.90 Å². The number of ether oxygens (including phenoxy) is 1. The van der Waals surface area contributed by atoms with Crippen LogP contribution in [0.15, 0.2) is 0 Å². The van der Waals surface area contributed by atoms with Gasteiger partial charge in [0, 0.05) is 18.5 Å². The van der Waals surface area contributed by atoms with E-state index < -0.39 is 17.4 Å². The van der Waals surface area contributed by atoms with Crippen LogP contribution in [-0.2, 0) is 14.3 Å². The van der Waals surface area contributed by atoms with Gasteiger partial charge in [-0.1, -0.05) is 13.8 Å². The minimum atomic E-state index is -0.788. The molecule has 0 bridgehead atoms. The van der Waals surface area contributed by atoms with Gasteiger partial charge < -0.3 is 9.64 Å². The van der Waals surface area contributed by atoms with Gasteiger partial charge in [-0.3, -0.25) is 4.79 Å². The van der Waals surface area contributed by atoms with Gasteiger partial charge in [-0.15, -0.1) is 12.3 Å². The lowest BCUT2D eigenvalue weighted by Gasteiger charge is -2.34. The summed E-state index contributed by atoms with van der Waals surface area (Å²) in [7, 11) is 0. The molecule has 0 fully saturated rings. The summed E-state index contributed by atoms with van der Waals surface area (Å²) < 4.78 is 4.74. The molecule has 0 spiro atoms. The van der Waals surface area contributed by atoms with Crippen molar-refractivity contribution in [3.05, 3.63) is 0 Å². The molecule has 116 valence electrons. The van der Waals surface area contributed by atoms with Crippen LogP contribution in [0.3, 0.4) is 0 Å². The number of terminal acetylenes is 1. The monoisotopic (exact) mass is 283 g/mol. The standard InChI is InChI=1S/C14H23NO3.C2H6/c1-6-8-9-10-11-15(14(3,4)5)12(16)13(17)18-7-2;1-2/h1H,7-11H2,2-5H3;1-2H3. The predicted octanol–water partition coefficient (Wildman–Crippen LogP) is 3.01. The number of unbranched alkanes of at least 4 members (excludes halogenated alkanes) is 2. The summed E-state index contributed by atoms with van der Waals surface area (Å²) in [6.07, 6.45) is 7.49. The third kappa shape index (κ3) is 8.58. The summed E-state index contributed by atoms with van der Waals surface area (Å²) in [6.45, 7) is 12.1. The third-order valence-electron chi connectivity index (χ3n) is 2.46. The molecule has 0 rings (SSSR count). The zero-order chi connectivity index (χ0) is 16.2. The zero-order valence-electron chi connectivity index (χ0n) is 13.8. The highest BCUT2D eigenvalue weighted by molar-refractivity contribution is 6.32. The Balaban J connectivity index is 0. The first-order valence-corrected chi connectivity index (χ1v) is 7.26. The van der Waals surface area contributed by atoms with Gasteiger partial charge in [0.2, 0.25) is 0 Å². The number of rotatable bonds is 5. The molecule has 0 saturated carbocycles. The molecule has 1 amide bonds. The van der Waals surface area contributed by atoms with Crippen molar-refractivity contribution in [2.75, 3.05) is 13.2 Å². The van der Waals surface area contributed by atoms with Crippen LogP contribution in [0.1, 0.15) is 60.8 Å². The molecule has 0 aromatic heterocycles. The number of esters is 1. The third-order valence-corrected chi connectivity index (χ3v) is 2.46. The Morgan fingerprint density at radius 1 is 1.20 bits per heavy atom. The van der Waals surface area contributed by atoms with Crippen LogP contribution in [0.5, 0.6) is 0 Å². The normalized spacial score (nSPS) is 9.85. The van der Waals surface area contributed by atoms with E-state index in [4.69, 9.17) is 11.2 Å². The molecule has 0 unspecified atom stereocenters. The maximum atomic E-state index is 12.0. The van der Waals surface area contributed by atoms with E-state index in [0.717, 1.165) is 12.8 Å². The largest absolute Gasteiger partial charge is 0.459 e. The van der Waals surface area contributed by atoms with Gasteiger partial charge in [0.1, 0.15) is 0 Å². The maximum absolute atomic E-state index is 12.0. The smallest absolute Gasteiger partial charge is 0.397 e. The average Bonchev–Trinajstić information content (AvgIpc) is 2.39. The molecule has 0 aliphatic rings. The van der Waals surface area contributed by atoms with Gasteiger partial charge in [0.25, 0.3) is 0 Å². The van der Waals surface area contributed by atoms with Crippen molar-refractivity contribution in [2.24, 2.45) is 0 Å². The minimum absolute atomic E-state index is 0.208. The Morgan fingerprint density at radius 2 is 1.75 bits per heavy atom. The molecule has 0 aromatic rings.